The van der Waals surface area contributed by atoms with Crippen LogP contribution < -0.4 is 4.74 Å². The Balaban J connectivity index is 1.34. The van der Waals surface area contributed by atoms with E-state index in [1.165, 1.54) is 0 Å². The summed E-state index contributed by atoms with van der Waals surface area (Å²) in [7, 11) is -2.22. The van der Waals surface area contributed by atoms with Gasteiger partial charge in [0, 0.05) is 34.4 Å². The maximum absolute atomic E-state index is 15.0. The van der Waals surface area contributed by atoms with Crippen LogP contribution in [0, 0.1) is 0 Å². The molecular formula is C31H34ClFN4O4S. The number of imidazole rings is 1. The summed E-state index contributed by atoms with van der Waals surface area (Å²) in [6.45, 7) is 2.68. The molecule has 11 heteroatoms. The number of nitrogens with zero attached hydrogens (tertiary/aromatic N) is 4. The third-order valence-electron chi connectivity index (χ3n) is 7.56. The number of ether oxygens (including phenoxy) is 3. The number of alkyl halides is 1. The van der Waals surface area contributed by atoms with Crippen molar-refractivity contribution in [1.82, 2.24) is 14.5 Å². The highest BCUT2D eigenvalue weighted by atomic mass is 35.5. The lowest BCUT2D eigenvalue weighted by Crippen LogP contribution is -2.32. The van der Waals surface area contributed by atoms with Crippen molar-refractivity contribution in [2.24, 2.45) is 4.36 Å². The summed E-state index contributed by atoms with van der Waals surface area (Å²) in [4.78, 5) is 9.64. The summed E-state index contributed by atoms with van der Waals surface area (Å²) < 4.78 is 50.9. The highest BCUT2D eigenvalue weighted by Crippen LogP contribution is 2.37. The maximum atomic E-state index is 15.0. The lowest BCUT2D eigenvalue weighted by atomic mass is 10.0. The van der Waals surface area contributed by atoms with Crippen LogP contribution in [0.3, 0.4) is 0 Å². The van der Waals surface area contributed by atoms with Crippen molar-refractivity contribution < 1.29 is 22.8 Å². The van der Waals surface area contributed by atoms with E-state index in [9.17, 15) is 8.60 Å². The molecule has 2 aliphatic heterocycles. The zero-order chi connectivity index (χ0) is 29.4. The highest BCUT2D eigenvalue weighted by molar-refractivity contribution is 7.92. The minimum absolute atomic E-state index is 0.162. The third kappa shape index (κ3) is 6.04. The van der Waals surface area contributed by atoms with E-state index in [1.807, 2.05) is 60.0 Å². The average molecular weight is 613 g/mol. The highest BCUT2D eigenvalue weighted by Gasteiger charge is 2.39. The van der Waals surface area contributed by atoms with Crippen LogP contribution in [0.15, 0.2) is 59.0 Å². The van der Waals surface area contributed by atoms with Crippen LogP contribution in [0.25, 0.3) is 33.5 Å². The molecule has 4 atom stereocenters. The second kappa shape index (κ2) is 11.9. The predicted octanol–water partition coefficient (Wildman–Crippen LogP) is 7.37. The molecule has 0 radical (unpaired) electrons. The number of pyridine rings is 1. The van der Waals surface area contributed by atoms with Crippen LogP contribution in [0.1, 0.15) is 38.8 Å². The fourth-order valence-corrected chi connectivity index (χ4v) is 6.34. The summed E-state index contributed by atoms with van der Waals surface area (Å²) in [5.74, 6) is 0. The van der Waals surface area contributed by atoms with Gasteiger partial charge in [0.15, 0.2) is 17.9 Å². The van der Waals surface area contributed by atoms with E-state index in [0.29, 0.717) is 40.6 Å². The number of halogens is 2. The Hall–Kier alpha value is -3.05. The van der Waals surface area contributed by atoms with Crippen LogP contribution >= 0.6 is 11.6 Å². The van der Waals surface area contributed by atoms with E-state index in [4.69, 9.17) is 30.8 Å². The Morgan fingerprint density at radius 3 is 2.36 bits per heavy atom. The Morgan fingerprint density at radius 2 is 1.74 bits per heavy atom. The first-order valence-corrected chi connectivity index (χ1v) is 16.9. The van der Waals surface area contributed by atoms with Crippen molar-refractivity contribution in [2.75, 3.05) is 25.7 Å². The second-order valence-electron chi connectivity index (χ2n) is 11.0. The Bertz CT molecular complexity index is 1690. The molecule has 4 aromatic rings. The largest absolute Gasteiger partial charge is 0.456 e. The minimum Gasteiger partial charge on any atom is -0.456 e. The van der Waals surface area contributed by atoms with Gasteiger partial charge in [-0.25, -0.2) is 13.6 Å². The predicted molar refractivity (Wildman–Crippen MR) is 164 cm³/mol. The Labute approximate surface area is 250 Å². The molecule has 0 aliphatic carbocycles. The average Bonchev–Trinajstić information content (AvgIpc) is 3.51. The standard InChI is InChI=1S/C31H34ClFN4O4S/c1-4-25-28(33)26(18-40-25)41-31-34-24-17-23(32)29(35-30(24)37(31)27-7-5-6-16-39-27)21-10-8-19(9-11-21)20-12-14-22(15-13-20)36-42(2,3)38/h8-15,17,25-28H,4-7,16,18H2,1-3H3/t25-,26-,27?,28-/m1/s1. The zero-order valence-corrected chi connectivity index (χ0v) is 25.4. The van der Waals surface area contributed by atoms with Gasteiger partial charge in [0.25, 0.3) is 0 Å². The van der Waals surface area contributed by atoms with Crippen LogP contribution in [0.5, 0.6) is 6.01 Å². The molecule has 1 unspecified atom stereocenters. The first-order valence-electron chi connectivity index (χ1n) is 14.2. The fraction of sp³-hybridized carbons (Fsp3) is 0.419. The molecule has 0 amide bonds. The van der Waals surface area contributed by atoms with Gasteiger partial charge in [-0.05, 0) is 55.0 Å². The Kier molecular flexibility index (Phi) is 8.24. The molecule has 2 fully saturated rings. The lowest BCUT2D eigenvalue weighted by molar-refractivity contribution is -0.0371. The molecule has 0 N–H and O–H groups in total. The van der Waals surface area contributed by atoms with Gasteiger partial charge in [-0.2, -0.15) is 9.35 Å². The summed E-state index contributed by atoms with van der Waals surface area (Å²) >= 11 is 6.75. The molecule has 4 heterocycles. The molecule has 0 spiro atoms. The normalized spacial score (nSPS) is 22.9. The van der Waals surface area contributed by atoms with Crippen LogP contribution in [0.4, 0.5) is 10.1 Å². The maximum Gasteiger partial charge on any atom is 0.301 e. The van der Waals surface area contributed by atoms with Crippen LogP contribution in [-0.4, -0.2) is 62.8 Å². The summed E-state index contributed by atoms with van der Waals surface area (Å²) in [5.41, 5.74) is 5.28. The number of fused-ring (bicyclic) bond motifs is 1. The number of rotatable bonds is 7. The van der Waals surface area contributed by atoms with E-state index in [1.54, 1.807) is 18.6 Å². The third-order valence-corrected chi connectivity index (χ3v) is 8.50. The molecule has 2 aliphatic rings. The van der Waals surface area contributed by atoms with E-state index in [-0.39, 0.29) is 18.8 Å². The topological polar surface area (TPSA) is 87.8 Å². The zero-order valence-electron chi connectivity index (χ0n) is 23.8. The molecular weight excluding hydrogens is 579 g/mol. The minimum atomic E-state index is -2.22. The summed E-state index contributed by atoms with van der Waals surface area (Å²) in [5, 5.41) is 0.448. The van der Waals surface area contributed by atoms with Gasteiger partial charge in [0.2, 0.25) is 0 Å². The van der Waals surface area contributed by atoms with E-state index < -0.39 is 28.1 Å². The molecule has 2 aromatic carbocycles. The molecule has 42 heavy (non-hydrogen) atoms. The smallest absolute Gasteiger partial charge is 0.301 e. The molecule has 0 bridgehead atoms. The van der Waals surface area contributed by atoms with Gasteiger partial charge in [-0.3, -0.25) is 4.57 Å². The van der Waals surface area contributed by atoms with E-state index >= 15 is 0 Å². The van der Waals surface area contributed by atoms with E-state index in [0.717, 1.165) is 36.0 Å². The first-order chi connectivity index (χ1) is 20.2. The van der Waals surface area contributed by atoms with Gasteiger partial charge in [0.05, 0.1) is 29.1 Å². The number of hydrogen-bond acceptors (Lipinski definition) is 7. The molecule has 2 saturated heterocycles. The molecule has 222 valence electrons. The fourth-order valence-electron chi connectivity index (χ4n) is 5.46. The van der Waals surface area contributed by atoms with Crippen molar-refractivity contribution in [3.05, 3.63) is 59.6 Å². The van der Waals surface area contributed by atoms with Crippen LogP contribution in [0.2, 0.25) is 5.02 Å². The van der Waals surface area contributed by atoms with Gasteiger partial charge in [-0.15, -0.1) is 0 Å². The van der Waals surface area contributed by atoms with Gasteiger partial charge in [-0.1, -0.05) is 54.9 Å². The Morgan fingerprint density at radius 1 is 1.05 bits per heavy atom. The van der Waals surface area contributed by atoms with Crippen molar-refractivity contribution in [3.63, 3.8) is 0 Å². The van der Waals surface area contributed by atoms with Crippen molar-refractivity contribution in [3.8, 4) is 28.4 Å². The molecule has 8 nitrogen and oxygen atoms in total. The first kappa shape index (κ1) is 29.0. The summed E-state index contributed by atoms with van der Waals surface area (Å²) in [6.07, 6.45) is 3.74. The monoisotopic (exact) mass is 612 g/mol. The lowest BCUT2D eigenvalue weighted by Gasteiger charge is -2.26. The number of aromatic nitrogens is 3. The van der Waals surface area contributed by atoms with Crippen LogP contribution in [-0.2, 0) is 19.2 Å². The molecule has 2 aromatic heterocycles. The SMILES string of the molecule is CC[C@H]1OC[C@@H](Oc2nc3cc(Cl)c(-c4ccc(-c5ccc(N=S(C)(C)=O)cc5)cc4)nc3n2C2CCCCO2)[C@@H]1F. The molecule has 6 rings (SSSR count). The van der Waals surface area contributed by atoms with Crippen molar-refractivity contribution >= 4 is 38.2 Å². The molecule has 0 saturated carbocycles. The summed E-state index contributed by atoms with van der Waals surface area (Å²) in [6, 6.07) is 17.6. The number of benzene rings is 2. The van der Waals surface area contributed by atoms with Gasteiger partial charge >= 0.3 is 6.01 Å². The van der Waals surface area contributed by atoms with Gasteiger partial charge < -0.3 is 14.2 Å². The van der Waals surface area contributed by atoms with E-state index in [2.05, 4.69) is 9.35 Å². The quantitative estimate of drug-likeness (QED) is 0.216. The van der Waals surface area contributed by atoms with Crippen molar-refractivity contribution in [1.29, 1.82) is 0 Å². The van der Waals surface area contributed by atoms with Crippen molar-refractivity contribution in [2.45, 2.75) is 57.2 Å². The van der Waals surface area contributed by atoms with Gasteiger partial charge in [0.1, 0.15) is 11.7 Å². The second-order valence-corrected chi connectivity index (χ2v) is 14.0. The number of hydrogen-bond donors (Lipinski definition) is 0.